The highest BCUT2D eigenvalue weighted by atomic mass is 32.1. The van der Waals surface area contributed by atoms with Gasteiger partial charge in [0.05, 0.1) is 6.54 Å². The predicted molar refractivity (Wildman–Crippen MR) is 68.4 cm³/mol. The molecule has 1 heterocycles. The smallest absolute Gasteiger partial charge is 0.404 e. The first-order valence-corrected chi connectivity index (χ1v) is 6.66. The fourth-order valence-corrected chi connectivity index (χ4v) is 2.96. The van der Waals surface area contributed by atoms with Gasteiger partial charge in [0, 0.05) is 21.6 Å². The molecule has 1 aliphatic rings. The van der Waals surface area contributed by atoms with Crippen LogP contribution in [0, 0.1) is 12.8 Å². The molecule has 0 spiro atoms. The lowest BCUT2D eigenvalue weighted by atomic mass is 10.2. The summed E-state index contributed by atoms with van der Waals surface area (Å²) in [6.07, 6.45) is 0.0882. The number of nitrogens with one attached hydrogen (secondary N) is 1. The van der Waals surface area contributed by atoms with Crippen molar-refractivity contribution in [2.24, 2.45) is 11.7 Å². The Morgan fingerprint density at radius 1 is 1.56 bits per heavy atom. The van der Waals surface area contributed by atoms with E-state index >= 15 is 0 Å². The minimum Gasteiger partial charge on any atom is -0.448 e. The molecule has 2 rings (SSSR count). The number of thiophene rings is 1. The number of rotatable bonds is 5. The maximum absolute atomic E-state index is 11.8. The van der Waals surface area contributed by atoms with Crippen LogP contribution < -0.4 is 11.1 Å². The molecule has 0 aromatic carbocycles. The van der Waals surface area contributed by atoms with E-state index in [1.54, 1.807) is 11.3 Å². The van der Waals surface area contributed by atoms with Crippen molar-refractivity contribution in [1.82, 2.24) is 5.32 Å². The zero-order valence-electron chi connectivity index (χ0n) is 10.1. The van der Waals surface area contributed by atoms with Crippen LogP contribution in [0.3, 0.4) is 0 Å². The third-order valence-electron chi connectivity index (χ3n) is 2.90. The van der Waals surface area contributed by atoms with Crippen molar-refractivity contribution in [3.63, 3.8) is 0 Å². The number of nitrogens with two attached hydrogens (primary N) is 1. The molecule has 18 heavy (non-hydrogen) atoms. The first-order valence-electron chi connectivity index (χ1n) is 5.84. The number of amides is 2. The Morgan fingerprint density at radius 3 is 2.94 bits per heavy atom. The lowest BCUT2D eigenvalue weighted by Crippen LogP contribution is -2.30. The van der Waals surface area contributed by atoms with E-state index in [2.05, 4.69) is 29.1 Å². The molecule has 1 fully saturated rings. The molecule has 1 aliphatic carbocycles. The topological polar surface area (TPSA) is 81.4 Å². The van der Waals surface area contributed by atoms with Crippen LogP contribution in [0.2, 0.25) is 0 Å². The molecule has 0 unspecified atom stereocenters. The highest BCUT2D eigenvalue weighted by molar-refractivity contribution is 7.12. The van der Waals surface area contributed by atoms with Gasteiger partial charge in [-0.2, -0.15) is 0 Å². The summed E-state index contributed by atoms with van der Waals surface area (Å²) in [5.41, 5.74) is 4.81. The van der Waals surface area contributed by atoms with E-state index in [1.807, 2.05) is 0 Å². The van der Waals surface area contributed by atoms with Crippen LogP contribution in [0.25, 0.3) is 0 Å². The van der Waals surface area contributed by atoms with Gasteiger partial charge in [-0.25, -0.2) is 4.79 Å². The third-order valence-corrected chi connectivity index (χ3v) is 4.03. The minimum atomic E-state index is -0.817. The van der Waals surface area contributed by atoms with Crippen molar-refractivity contribution in [3.05, 3.63) is 21.9 Å². The first-order chi connectivity index (χ1) is 8.58. The van der Waals surface area contributed by atoms with E-state index < -0.39 is 6.09 Å². The van der Waals surface area contributed by atoms with E-state index in [4.69, 9.17) is 5.73 Å². The van der Waals surface area contributed by atoms with Crippen molar-refractivity contribution in [3.8, 4) is 0 Å². The molecule has 1 aromatic rings. The number of carbonyl (C=O) groups excluding carboxylic acids is 2. The van der Waals surface area contributed by atoms with Crippen LogP contribution in [0.1, 0.15) is 22.1 Å². The second-order valence-corrected chi connectivity index (χ2v) is 5.68. The van der Waals surface area contributed by atoms with Gasteiger partial charge in [0.25, 0.3) is 0 Å². The van der Waals surface area contributed by atoms with Crippen LogP contribution in [-0.2, 0) is 9.53 Å². The Kier molecular flexibility index (Phi) is 3.86. The predicted octanol–water partition coefficient (Wildman–Crippen LogP) is 1.37. The molecule has 0 aliphatic heterocycles. The number of primary amides is 1. The van der Waals surface area contributed by atoms with Crippen LogP contribution in [0.15, 0.2) is 12.1 Å². The molecule has 2 amide bonds. The molecule has 1 aromatic heterocycles. The maximum Gasteiger partial charge on any atom is 0.404 e. The van der Waals surface area contributed by atoms with Crippen LogP contribution in [0.4, 0.5) is 4.79 Å². The van der Waals surface area contributed by atoms with Crippen molar-refractivity contribution in [2.75, 3.05) is 13.2 Å². The number of hydrogen-bond acceptors (Lipinski definition) is 4. The van der Waals surface area contributed by atoms with Crippen molar-refractivity contribution < 1.29 is 14.3 Å². The van der Waals surface area contributed by atoms with Gasteiger partial charge in [0.15, 0.2) is 0 Å². The lowest BCUT2D eigenvalue weighted by Gasteiger charge is -2.04. The van der Waals surface area contributed by atoms with Gasteiger partial charge in [-0.05, 0) is 25.5 Å². The Hall–Kier alpha value is -1.56. The van der Waals surface area contributed by atoms with Gasteiger partial charge in [0.2, 0.25) is 5.91 Å². The lowest BCUT2D eigenvalue weighted by molar-refractivity contribution is -0.122. The SMILES string of the molecule is Cc1ccc([C@@H]2C[C@H]2C(=O)NCCOC(N)=O)s1. The number of ether oxygens (including phenoxy) is 1. The van der Waals surface area contributed by atoms with Gasteiger partial charge in [-0.1, -0.05) is 0 Å². The van der Waals surface area contributed by atoms with Crippen LogP contribution in [0.5, 0.6) is 0 Å². The first kappa shape index (κ1) is 12.9. The summed E-state index contributed by atoms with van der Waals surface area (Å²) in [7, 11) is 0. The van der Waals surface area contributed by atoms with Gasteiger partial charge < -0.3 is 15.8 Å². The minimum absolute atomic E-state index is 0.0270. The second-order valence-electron chi connectivity index (χ2n) is 4.36. The molecule has 98 valence electrons. The zero-order chi connectivity index (χ0) is 13.1. The molecule has 0 bridgehead atoms. The molecule has 0 radical (unpaired) electrons. The van der Waals surface area contributed by atoms with Gasteiger partial charge >= 0.3 is 6.09 Å². The molecule has 3 N–H and O–H groups in total. The quantitative estimate of drug-likeness (QED) is 0.791. The molecule has 1 saturated carbocycles. The summed E-state index contributed by atoms with van der Waals surface area (Å²) in [4.78, 5) is 24.6. The van der Waals surface area contributed by atoms with E-state index in [1.165, 1.54) is 9.75 Å². The number of hydrogen-bond donors (Lipinski definition) is 2. The molecule has 2 atom stereocenters. The van der Waals surface area contributed by atoms with E-state index in [-0.39, 0.29) is 18.4 Å². The van der Waals surface area contributed by atoms with E-state index in [0.717, 1.165) is 6.42 Å². The van der Waals surface area contributed by atoms with E-state index in [9.17, 15) is 9.59 Å². The van der Waals surface area contributed by atoms with Crippen molar-refractivity contribution >= 4 is 23.3 Å². The van der Waals surface area contributed by atoms with Gasteiger partial charge in [0.1, 0.15) is 6.61 Å². The average Bonchev–Trinajstić information content (AvgIpc) is 3.00. The van der Waals surface area contributed by atoms with Gasteiger partial charge in [-0.3, -0.25) is 4.79 Å². The zero-order valence-corrected chi connectivity index (χ0v) is 11.0. The highest BCUT2D eigenvalue weighted by Gasteiger charge is 2.44. The Bertz CT molecular complexity index is 458. The van der Waals surface area contributed by atoms with E-state index in [0.29, 0.717) is 12.5 Å². The largest absolute Gasteiger partial charge is 0.448 e. The molecule has 6 heteroatoms. The summed E-state index contributed by atoms with van der Waals surface area (Å²) in [5, 5.41) is 2.74. The number of aryl methyl sites for hydroxylation is 1. The fraction of sp³-hybridized carbons (Fsp3) is 0.500. The standard InChI is InChI=1S/C12H16N2O3S/c1-7-2-3-10(18-7)8-6-9(8)11(15)14-4-5-17-12(13)16/h2-3,8-9H,4-6H2,1H3,(H2,13,16)(H,14,15)/t8-,9-/m1/s1. The molecular formula is C12H16N2O3S. The third kappa shape index (κ3) is 3.22. The van der Waals surface area contributed by atoms with Gasteiger partial charge in [-0.15, -0.1) is 11.3 Å². The highest BCUT2D eigenvalue weighted by Crippen LogP contribution is 2.49. The molecular weight excluding hydrogens is 252 g/mol. The average molecular weight is 268 g/mol. The van der Waals surface area contributed by atoms with Crippen LogP contribution >= 0.6 is 11.3 Å². The number of carbonyl (C=O) groups is 2. The van der Waals surface area contributed by atoms with Crippen LogP contribution in [-0.4, -0.2) is 25.2 Å². The van der Waals surface area contributed by atoms with Crippen molar-refractivity contribution in [2.45, 2.75) is 19.3 Å². The summed E-state index contributed by atoms with van der Waals surface area (Å²) in [6, 6.07) is 4.17. The molecule has 5 nitrogen and oxygen atoms in total. The summed E-state index contributed by atoms with van der Waals surface area (Å²) < 4.78 is 4.53. The Balaban J connectivity index is 1.71. The summed E-state index contributed by atoms with van der Waals surface area (Å²) in [6.45, 7) is 2.50. The Morgan fingerprint density at radius 2 is 2.33 bits per heavy atom. The maximum atomic E-state index is 11.8. The Labute approximate surface area is 109 Å². The summed E-state index contributed by atoms with van der Waals surface area (Å²) >= 11 is 1.75. The monoisotopic (exact) mass is 268 g/mol. The van der Waals surface area contributed by atoms with Crippen molar-refractivity contribution in [1.29, 1.82) is 0 Å². The fourth-order valence-electron chi connectivity index (χ4n) is 1.91. The second kappa shape index (κ2) is 5.39. The summed E-state index contributed by atoms with van der Waals surface area (Å²) in [5.74, 6) is 0.455. The normalized spacial score (nSPS) is 21.4. The molecule has 0 saturated heterocycles.